The number of hydrogen-bond acceptors (Lipinski definition) is 3. The van der Waals surface area contributed by atoms with E-state index in [0.29, 0.717) is 22.4 Å². The molecule has 1 saturated carbocycles. The molecule has 3 unspecified atom stereocenters. The van der Waals surface area contributed by atoms with Crippen LogP contribution in [0.1, 0.15) is 48.7 Å². The lowest BCUT2D eigenvalue weighted by Gasteiger charge is -2.20. The molecule has 5 nitrogen and oxygen atoms in total. The van der Waals surface area contributed by atoms with Gasteiger partial charge in [0.2, 0.25) is 0 Å². The Morgan fingerprint density at radius 3 is 2.56 bits per heavy atom. The summed E-state index contributed by atoms with van der Waals surface area (Å²) in [6.45, 7) is 5.78. The summed E-state index contributed by atoms with van der Waals surface area (Å²) in [5.41, 5.74) is 8.78. The van der Waals surface area contributed by atoms with Crippen molar-refractivity contribution in [2.45, 2.75) is 38.6 Å². The van der Waals surface area contributed by atoms with Crippen LogP contribution >= 0.6 is 24.0 Å². The molecule has 1 saturated heterocycles. The van der Waals surface area contributed by atoms with Crippen LogP contribution in [0, 0.1) is 11.8 Å². The van der Waals surface area contributed by atoms with E-state index in [0.717, 1.165) is 37.3 Å². The zero-order chi connectivity index (χ0) is 18.4. The molecule has 0 radical (unpaired) electrons. The van der Waals surface area contributed by atoms with Crippen molar-refractivity contribution >= 4 is 29.9 Å². The van der Waals surface area contributed by atoms with E-state index in [2.05, 4.69) is 18.9 Å². The summed E-state index contributed by atoms with van der Waals surface area (Å²) < 4.78 is 1.86. The fourth-order valence-electron chi connectivity index (χ4n) is 4.51. The number of hydrogen-bond donors (Lipinski definition) is 1. The van der Waals surface area contributed by atoms with E-state index >= 15 is 0 Å². The molecule has 2 aromatic rings. The topological polar surface area (TPSA) is 64.2 Å². The van der Waals surface area contributed by atoms with Crippen molar-refractivity contribution in [3.05, 3.63) is 46.7 Å². The predicted octanol–water partition coefficient (Wildman–Crippen LogP) is 3.88. The Morgan fingerprint density at radius 1 is 1.22 bits per heavy atom. The number of carbonyl (C=O) groups is 1. The Labute approximate surface area is 171 Å². The fraction of sp³-hybridized carbons (Fsp3) is 0.500. The molecule has 7 heteroatoms. The molecule has 2 aliphatic rings. The first-order valence-corrected chi connectivity index (χ1v) is 9.72. The van der Waals surface area contributed by atoms with Crippen LogP contribution in [-0.4, -0.2) is 39.7 Å². The van der Waals surface area contributed by atoms with E-state index in [9.17, 15) is 4.79 Å². The number of nitrogens with two attached hydrogens (primary N) is 1. The molecule has 27 heavy (non-hydrogen) atoms. The molecule has 1 aliphatic carbocycles. The lowest BCUT2D eigenvalue weighted by molar-refractivity contribution is 0.0778. The van der Waals surface area contributed by atoms with E-state index in [1.807, 2.05) is 33.8 Å². The van der Waals surface area contributed by atoms with Crippen molar-refractivity contribution in [3.8, 4) is 5.69 Å². The van der Waals surface area contributed by atoms with Gasteiger partial charge in [0, 0.05) is 24.2 Å². The van der Waals surface area contributed by atoms with Crippen LogP contribution < -0.4 is 5.73 Å². The summed E-state index contributed by atoms with van der Waals surface area (Å²) in [5, 5.41) is 5.20. The molecule has 1 amide bonds. The van der Waals surface area contributed by atoms with Crippen molar-refractivity contribution < 1.29 is 4.79 Å². The third-order valence-corrected chi connectivity index (χ3v) is 6.11. The van der Waals surface area contributed by atoms with Crippen molar-refractivity contribution in [1.82, 2.24) is 14.7 Å². The van der Waals surface area contributed by atoms with Crippen LogP contribution in [0.5, 0.6) is 0 Å². The van der Waals surface area contributed by atoms with E-state index in [-0.39, 0.29) is 30.3 Å². The highest BCUT2D eigenvalue weighted by molar-refractivity contribution is 6.30. The standard InChI is InChI=1S/C20H25ClN4O.ClH/c1-12(2)19-16(9-23-25(19)15-6-4-14(21)5-7-15)20(26)24-10-13-3-8-18(22)17(13)11-24;/h4-7,9,12-13,17-18H,3,8,10-11,22H2,1-2H3;1H. The third-order valence-electron chi connectivity index (χ3n) is 5.85. The van der Waals surface area contributed by atoms with Crippen LogP contribution in [0.25, 0.3) is 5.69 Å². The predicted molar refractivity (Wildman–Crippen MR) is 110 cm³/mol. The number of rotatable bonds is 3. The third kappa shape index (κ3) is 3.60. The number of amides is 1. The van der Waals surface area contributed by atoms with Crippen LogP contribution in [0.15, 0.2) is 30.5 Å². The highest BCUT2D eigenvalue weighted by Crippen LogP contribution is 2.38. The van der Waals surface area contributed by atoms with Crippen LogP contribution in [-0.2, 0) is 0 Å². The first-order chi connectivity index (χ1) is 12.5. The summed E-state index contributed by atoms with van der Waals surface area (Å²) in [6.07, 6.45) is 3.93. The molecule has 0 bridgehead atoms. The first-order valence-electron chi connectivity index (χ1n) is 9.34. The molecule has 146 valence electrons. The van der Waals surface area contributed by atoms with Crippen molar-refractivity contribution in [2.75, 3.05) is 13.1 Å². The van der Waals surface area contributed by atoms with Crippen LogP contribution in [0.3, 0.4) is 0 Å². The van der Waals surface area contributed by atoms with Crippen LogP contribution in [0.2, 0.25) is 5.02 Å². The number of halogens is 2. The lowest BCUT2D eigenvalue weighted by Crippen LogP contribution is -2.33. The van der Waals surface area contributed by atoms with Gasteiger partial charge in [-0.1, -0.05) is 25.4 Å². The van der Waals surface area contributed by atoms with E-state index < -0.39 is 0 Å². The zero-order valence-corrected chi connectivity index (χ0v) is 17.2. The SMILES string of the molecule is CC(C)c1c(C(=O)N2CC3CCC(N)C3C2)cnn1-c1ccc(Cl)cc1.Cl. The number of nitrogens with zero attached hydrogens (tertiary/aromatic N) is 3. The molecule has 1 aliphatic heterocycles. The zero-order valence-electron chi connectivity index (χ0n) is 15.6. The van der Waals surface area contributed by atoms with Crippen LogP contribution in [0.4, 0.5) is 0 Å². The maximum Gasteiger partial charge on any atom is 0.257 e. The van der Waals surface area contributed by atoms with E-state index in [1.165, 1.54) is 0 Å². The van der Waals surface area contributed by atoms with Gasteiger partial charge in [-0.15, -0.1) is 12.4 Å². The van der Waals surface area contributed by atoms with Crippen molar-refractivity contribution in [3.63, 3.8) is 0 Å². The van der Waals surface area contributed by atoms with Gasteiger partial charge in [0.15, 0.2) is 0 Å². The summed E-state index contributed by atoms with van der Waals surface area (Å²) >= 11 is 6.00. The normalized spacial score (nSPS) is 24.2. The quantitative estimate of drug-likeness (QED) is 0.837. The fourth-order valence-corrected chi connectivity index (χ4v) is 4.64. The Bertz CT molecular complexity index is 818. The van der Waals surface area contributed by atoms with E-state index in [1.54, 1.807) is 6.20 Å². The highest BCUT2D eigenvalue weighted by atomic mass is 35.5. The average molecular weight is 409 g/mol. The highest BCUT2D eigenvalue weighted by Gasteiger charge is 2.43. The molecule has 2 fully saturated rings. The van der Waals surface area contributed by atoms with Gasteiger partial charge in [-0.2, -0.15) is 5.10 Å². The summed E-state index contributed by atoms with van der Waals surface area (Å²) in [5.74, 6) is 1.27. The lowest BCUT2D eigenvalue weighted by atomic mass is 9.98. The minimum Gasteiger partial charge on any atom is -0.338 e. The van der Waals surface area contributed by atoms with E-state index in [4.69, 9.17) is 17.3 Å². The molecular formula is C20H26Cl2N4O. The molecule has 0 spiro atoms. The number of benzene rings is 1. The summed E-state index contributed by atoms with van der Waals surface area (Å²) in [4.78, 5) is 15.2. The van der Waals surface area contributed by atoms with Gasteiger partial charge < -0.3 is 10.6 Å². The minimum atomic E-state index is 0. The summed E-state index contributed by atoms with van der Waals surface area (Å²) in [7, 11) is 0. The number of carbonyl (C=O) groups excluding carboxylic acids is 1. The Kier molecular flexibility index (Phi) is 5.84. The van der Waals surface area contributed by atoms with Crippen molar-refractivity contribution in [1.29, 1.82) is 0 Å². The number of likely N-dealkylation sites (tertiary alicyclic amines) is 1. The molecular weight excluding hydrogens is 383 g/mol. The molecule has 2 heterocycles. The smallest absolute Gasteiger partial charge is 0.257 e. The minimum absolute atomic E-state index is 0. The first kappa shape index (κ1) is 20.2. The van der Waals surface area contributed by atoms with Gasteiger partial charge in [-0.3, -0.25) is 4.79 Å². The van der Waals surface area contributed by atoms with Gasteiger partial charge >= 0.3 is 0 Å². The summed E-state index contributed by atoms with van der Waals surface area (Å²) in [6, 6.07) is 7.77. The second-order valence-corrected chi connectivity index (χ2v) is 8.30. The molecule has 2 N–H and O–H groups in total. The second-order valence-electron chi connectivity index (χ2n) is 7.86. The van der Waals surface area contributed by atoms with Crippen molar-refractivity contribution in [2.24, 2.45) is 17.6 Å². The molecule has 1 aromatic carbocycles. The average Bonchev–Trinajstić information content (AvgIpc) is 3.31. The van der Waals surface area contributed by atoms with Gasteiger partial charge in [0.1, 0.15) is 0 Å². The molecule has 4 rings (SSSR count). The monoisotopic (exact) mass is 408 g/mol. The van der Waals surface area contributed by atoms with Gasteiger partial charge in [0.25, 0.3) is 5.91 Å². The second kappa shape index (κ2) is 7.82. The van der Waals surface area contributed by atoms with Gasteiger partial charge in [-0.25, -0.2) is 4.68 Å². The van der Waals surface area contributed by atoms with Gasteiger partial charge in [0.05, 0.1) is 23.1 Å². The largest absolute Gasteiger partial charge is 0.338 e. The molecule has 1 aromatic heterocycles. The maximum atomic E-state index is 13.2. The number of fused-ring (bicyclic) bond motifs is 1. The van der Waals surface area contributed by atoms with Gasteiger partial charge in [-0.05, 0) is 54.9 Å². The Hall–Kier alpha value is -1.56. The number of aromatic nitrogens is 2. The Morgan fingerprint density at radius 2 is 1.93 bits per heavy atom. The molecule has 3 atom stereocenters. The Balaban J connectivity index is 0.00000210. The maximum absolute atomic E-state index is 13.2.